The maximum atomic E-state index is 12.4. The zero-order valence-corrected chi connectivity index (χ0v) is 14.0. The number of nitrogens with zero attached hydrogens (tertiary/aromatic N) is 1. The molecule has 1 saturated heterocycles. The van der Waals surface area contributed by atoms with Crippen molar-refractivity contribution in [2.75, 3.05) is 13.1 Å². The monoisotopic (exact) mass is 357 g/mol. The van der Waals surface area contributed by atoms with Crippen LogP contribution in [0.25, 0.3) is 0 Å². The number of furan rings is 1. The predicted octanol–water partition coefficient (Wildman–Crippen LogP) is 1.30. The maximum Gasteiger partial charge on any atom is 0.273 e. The SMILES string of the molecule is O=C(NNC(=O)[C@H]1CCCN(C(=O)c2ccoc2)C1)c1ccccc1O. The number of carbonyl (C=O) groups excluding carboxylic acids is 3. The summed E-state index contributed by atoms with van der Waals surface area (Å²) in [5, 5.41) is 9.66. The summed E-state index contributed by atoms with van der Waals surface area (Å²) in [6, 6.07) is 7.62. The second kappa shape index (κ2) is 7.73. The fraction of sp³-hybridized carbons (Fsp3) is 0.278. The van der Waals surface area contributed by atoms with Gasteiger partial charge in [0.1, 0.15) is 12.0 Å². The fourth-order valence-corrected chi connectivity index (χ4v) is 2.90. The van der Waals surface area contributed by atoms with E-state index in [1.807, 2.05) is 0 Å². The van der Waals surface area contributed by atoms with Gasteiger partial charge in [0.2, 0.25) is 5.91 Å². The van der Waals surface area contributed by atoms with Gasteiger partial charge in [-0.05, 0) is 31.0 Å². The van der Waals surface area contributed by atoms with Crippen LogP contribution in [0.1, 0.15) is 33.6 Å². The van der Waals surface area contributed by atoms with Gasteiger partial charge < -0.3 is 14.4 Å². The lowest BCUT2D eigenvalue weighted by Crippen LogP contribution is -2.50. The van der Waals surface area contributed by atoms with Crippen molar-refractivity contribution in [2.24, 2.45) is 5.92 Å². The molecule has 0 saturated carbocycles. The number of rotatable bonds is 3. The third-order valence-corrected chi connectivity index (χ3v) is 4.30. The summed E-state index contributed by atoms with van der Waals surface area (Å²) < 4.78 is 4.92. The summed E-state index contributed by atoms with van der Waals surface area (Å²) in [6.45, 7) is 0.834. The highest BCUT2D eigenvalue weighted by Gasteiger charge is 2.29. The molecule has 0 unspecified atom stereocenters. The minimum Gasteiger partial charge on any atom is -0.507 e. The Kier molecular flexibility index (Phi) is 5.21. The van der Waals surface area contributed by atoms with E-state index in [2.05, 4.69) is 10.9 Å². The van der Waals surface area contributed by atoms with Crippen molar-refractivity contribution in [1.29, 1.82) is 0 Å². The van der Waals surface area contributed by atoms with Crippen molar-refractivity contribution < 1.29 is 23.9 Å². The first-order valence-electron chi connectivity index (χ1n) is 8.26. The minimum atomic E-state index is -0.612. The highest BCUT2D eigenvalue weighted by Crippen LogP contribution is 2.19. The number of likely N-dealkylation sites (tertiary alicyclic amines) is 1. The topological polar surface area (TPSA) is 112 Å². The van der Waals surface area contributed by atoms with E-state index in [4.69, 9.17) is 4.42 Å². The lowest BCUT2D eigenvalue weighted by atomic mass is 9.97. The third-order valence-electron chi connectivity index (χ3n) is 4.30. The van der Waals surface area contributed by atoms with Crippen LogP contribution >= 0.6 is 0 Å². The number of hydrogen-bond acceptors (Lipinski definition) is 5. The van der Waals surface area contributed by atoms with Crippen molar-refractivity contribution in [3.05, 3.63) is 54.0 Å². The third kappa shape index (κ3) is 3.85. The number of phenolic OH excluding ortho intramolecular Hbond substituents is 1. The first-order valence-corrected chi connectivity index (χ1v) is 8.26. The first kappa shape index (κ1) is 17.5. The Morgan fingerprint density at radius 2 is 1.96 bits per heavy atom. The molecule has 1 aromatic carbocycles. The van der Waals surface area contributed by atoms with Gasteiger partial charge in [-0.3, -0.25) is 25.2 Å². The molecule has 0 aliphatic carbocycles. The van der Waals surface area contributed by atoms with E-state index in [0.29, 0.717) is 24.9 Å². The van der Waals surface area contributed by atoms with E-state index in [0.717, 1.165) is 0 Å². The molecule has 26 heavy (non-hydrogen) atoms. The van der Waals surface area contributed by atoms with E-state index in [9.17, 15) is 19.5 Å². The average molecular weight is 357 g/mol. The van der Waals surface area contributed by atoms with Crippen LogP contribution in [-0.4, -0.2) is 40.8 Å². The lowest BCUT2D eigenvalue weighted by molar-refractivity contribution is -0.127. The van der Waals surface area contributed by atoms with Crippen molar-refractivity contribution in [1.82, 2.24) is 15.8 Å². The number of hydrogen-bond donors (Lipinski definition) is 3. The largest absolute Gasteiger partial charge is 0.507 e. The van der Waals surface area contributed by atoms with Crippen LogP contribution < -0.4 is 10.9 Å². The molecule has 0 spiro atoms. The molecule has 3 N–H and O–H groups in total. The Hall–Kier alpha value is -3.29. The van der Waals surface area contributed by atoms with Crippen molar-refractivity contribution >= 4 is 17.7 Å². The zero-order chi connectivity index (χ0) is 18.5. The van der Waals surface area contributed by atoms with E-state index >= 15 is 0 Å². The van der Waals surface area contributed by atoms with E-state index < -0.39 is 11.8 Å². The average Bonchev–Trinajstić information content (AvgIpc) is 3.20. The van der Waals surface area contributed by atoms with Crippen LogP contribution in [0.4, 0.5) is 0 Å². The van der Waals surface area contributed by atoms with Crippen LogP contribution in [0.2, 0.25) is 0 Å². The standard InChI is InChI=1S/C18H19N3O5/c22-15-6-2-1-5-14(15)17(24)20-19-16(23)12-4-3-8-21(10-12)18(25)13-7-9-26-11-13/h1-2,5-7,9,11-12,22H,3-4,8,10H2,(H,19,23)(H,20,24)/t12-/m0/s1. The summed E-state index contributed by atoms with van der Waals surface area (Å²) >= 11 is 0. The number of benzene rings is 1. The summed E-state index contributed by atoms with van der Waals surface area (Å²) in [5.74, 6) is -1.77. The fourth-order valence-electron chi connectivity index (χ4n) is 2.90. The van der Waals surface area contributed by atoms with Crippen LogP contribution in [0.3, 0.4) is 0 Å². The minimum absolute atomic E-state index is 0.0632. The molecule has 0 bridgehead atoms. The molecule has 1 aliphatic rings. The van der Waals surface area contributed by atoms with Gasteiger partial charge in [-0.1, -0.05) is 12.1 Å². The summed E-state index contributed by atoms with van der Waals surface area (Å²) in [4.78, 5) is 38.3. The lowest BCUT2D eigenvalue weighted by Gasteiger charge is -2.31. The second-order valence-corrected chi connectivity index (χ2v) is 6.06. The number of hydrazine groups is 1. The summed E-state index contributed by atoms with van der Waals surface area (Å²) in [5.41, 5.74) is 5.16. The zero-order valence-electron chi connectivity index (χ0n) is 14.0. The van der Waals surface area contributed by atoms with Gasteiger partial charge in [0, 0.05) is 13.1 Å². The van der Waals surface area contributed by atoms with Crippen LogP contribution in [0, 0.1) is 5.92 Å². The maximum absolute atomic E-state index is 12.4. The molecular weight excluding hydrogens is 338 g/mol. The van der Waals surface area contributed by atoms with Crippen molar-refractivity contribution in [2.45, 2.75) is 12.8 Å². The Bertz CT molecular complexity index is 803. The predicted molar refractivity (Wildman–Crippen MR) is 91.1 cm³/mol. The quantitative estimate of drug-likeness (QED) is 0.717. The van der Waals surface area contributed by atoms with Crippen LogP contribution in [0.15, 0.2) is 47.3 Å². The molecule has 2 aromatic rings. The van der Waals surface area contributed by atoms with E-state index in [1.54, 1.807) is 23.1 Å². The summed E-state index contributed by atoms with van der Waals surface area (Å²) in [6.07, 6.45) is 4.11. The molecule has 8 heteroatoms. The van der Waals surface area contributed by atoms with E-state index in [1.165, 1.54) is 24.7 Å². The van der Waals surface area contributed by atoms with Gasteiger partial charge in [-0.25, -0.2) is 0 Å². The normalized spacial score (nSPS) is 16.8. The van der Waals surface area contributed by atoms with Gasteiger partial charge in [0.15, 0.2) is 0 Å². The van der Waals surface area contributed by atoms with Crippen LogP contribution in [0.5, 0.6) is 5.75 Å². The number of nitrogens with one attached hydrogen (secondary N) is 2. The number of carbonyl (C=O) groups is 3. The number of piperidine rings is 1. The number of amides is 3. The Labute approximate surface area is 149 Å². The Morgan fingerprint density at radius 1 is 1.15 bits per heavy atom. The first-order chi connectivity index (χ1) is 12.6. The molecule has 8 nitrogen and oxygen atoms in total. The Balaban J connectivity index is 1.55. The molecular formula is C18H19N3O5. The highest BCUT2D eigenvalue weighted by molar-refractivity contribution is 5.98. The molecule has 1 fully saturated rings. The van der Waals surface area contributed by atoms with Crippen molar-refractivity contribution in [3.8, 4) is 5.75 Å². The highest BCUT2D eigenvalue weighted by atomic mass is 16.3. The molecule has 0 radical (unpaired) electrons. The van der Waals surface area contributed by atoms with Gasteiger partial charge in [0.25, 0.3) is 11.8 Å². The number of aromatic hydroxyl groups is 1. The van der Waals surface area contributed by atoms with Crippen molar-refractivity contribution in [3.63, 3.8) is 0 Å². The molecule has 3 rings (SSSR count). The molecule has 136 valence electrons. The number of para-hydroxylation sites is 1. The van der Waals surface area contributed by atoms with Gasteiger partial charge in [-0.2, -0.15) is 0 Å². The molecule has 1 aromatic heterocycles. The van der Waals surface area contributed by atoms with E-state index in [-0.39, 0.29) is 29.7 Å². The second-order valence-electron chi connectivity index (χ2n) is 6.06. The molecule has 2 heterocycles. The summed E-state index contributed by atoms with van der Waals surface area (Å²) in [7, 11) is 0. The molecule has 1 aliphatic heterocycles. The van der Waals surface area contributed by atoms with Gasteiger partial charge >= 0.3 is 0 Å². The number of phenols is 1. The Morgan fingerprint density at radius 3 is 2.69 bits per heavy atom. The van der Waals surface area contributed by atoms with Gasteiger partial charge in [0.05, 0.1) is 23.3 Å². The van der Waals surface area contributed by atoms with Crippen LogP contribution in [-0.2, 0) is 4.79 Å². The smallest absolute Gasteiger partial charge is 0.273 e. The molecule has 3 amide bonds. The van der Waals surface area contributed by atoms with Gasteiger partial charge in [-0.15, -0.1) is 0 Å². The molecule has 1 atom stereocenters.